The fourth-order valence-corrected chi connectivity index (χ4v) is 5.41. The molecule has 128 valence electrons. The van der Waals surface area contributed by atoms with Crippen LogP contribution in [0.25, 0.3) is 20.9 Å². The van der Waals surface area contributed by atoms with Crippen LogP contribution >= 0.6 is 11.3 Å². The van der Waals surface area contributed by atoms with Crippen LogP contribution in [0.15, 0.2) is 60.7 Å². The first kappa shape index (κ1) is 18.4. The Morgan fingerprint density at radius 1 is 0.920 bits per heavy atom. The van der Waals surface area contributed by atoms with E-state index in [-0.39, 0.29) is 0 Å². The van der Waals surface area contributed by atoms with Crippen LogP contribution in [0.4, 0.5) is 0 Å². The maximum absolute atomic E-state index is 5.73. The standard InChI is InChI=1S/C22H22OS.W/c1-3-4-15-19-20(16-23-2)22(18-13-9-6-10-14-18)24-21(19)17-11-7-5-8-12-17;/h5-14H,3-4,15H2,1-2H3;. The molecule has 0 saturated heterocycles. The fourth-order valence-electron chi connectivity index (χ4n) is 2.99. The van der Waals surface area contributed by atoms with E-state index in [9.17, 15) is 0 Å². The summed E-state index contributed by atoms with van der Waals surface area (Å²) in [5.74, 6) is 0. The zero-order valence-electron chi connectivity index (χ0n) is 14.6. The summed E-state index contributed by atoms with van der Waals surface area (Å²) >= 11 is 3.28. The molecule has 3 heteroatoms. The predicted octanol–water partition coefficient (Wildman–Crippen LogP) is 6.10. The van der Waals surface area contributed by atoms with Gasteiger partial charge in [-0.1, -0.05) is 0 Å². The van der Waals surface area contributed by atoms with Crippen LogP contribution in [-0.2, 0) is 30.5 Å². The molecule has 0 atom stereocenters. The van der Waals surface area contributed by atoms with Crippen LogP contribution in [0, 0.1) is 0 Å². The summed E-state index contributed by atoms with van der Waals surface area (Å²) in [6, 6.07) is 21.5. The van der Waals surface area contributed by atoms with E-state index in [0.29, 0.717) is 0 Å². The van der Waals surface area contributed by atoms with E-state index < -0.39 is 0 Å². The SMILES string of the molecule is CCCCc1c(-c2ccccc2)sc(-c2ccccc2)c1[C](=[W])OC. The molecule has 0 amide bonds. The van der Waals surface area contributed by atoms with Crippen LogP contribution in [0.1, 0.15) is 30.9 Å². The molecular formula is C22H22OSW. The minimum absolute atomic E-state index is 1.09. The molecule has 1 nitrogen and oxygen atoms in total. The van der Waals surface area contributed by atoms with Crippen molar-refractivity contribution in [1.82, 2.24) is 0 Å². The Morgan fingerprint density at radius 3 is 2.00 bits per heavy atom. The number of benzene rings is 2. The average molecular weight is 518 g/mol. The normalized spacial score (nSPS) is 10.8. The number of unbranched alkanes of at least 4 members (excludes halogenated alkanes) is 1. The number of rotatable bonds is 7. The second-order valence-corrected chi connectivity index (χ2v) is 8.29. The van der Waals surface area contributed by atoms with Gasteiger partial charge in [0.25, 0.3) is 0 Å². The van der Waals surface area contributed by atoms with Crippen molar-refractivity contribution in [2.45, 2.75) is 26.2 Å². The Bertz CT molecular complexity index is 837. The molecule has 0 aliphatic heterocycles. The molecule has 3 rings (SSSR count). The molecule has 0 fully saturated rings. The summed E-state index contributed by atoms with van der Waals surface area (Å²) in [7, 11) is 1.79. The molecule has 0 radical (unpaired) electrons. The van der Waals surface area contributed by atoms with Crippen LogP contribution < -0.4 is 0 Å². The maximum atomic E-state index is 5.73. The molecule has 0 bridgehead atoms. The summed E-state index contributed by atoms with van der Waals surface area (Å²) in [4.78, 5) is 2.72. The average Bonchev–Trinajstić information content (AvgIpc) is 3.06. The van der Waals surface area contributed by atoms with Crippen molar-refractivity contribution in [3.05, 3.63) is 71.8 Å². The second kappa shape index (κ2) is 8.85. The molecule has 0 saturated carbocycles. The van der Waals surface area contributed by atoms with E-state index in [4.69, 9.17) is 4.74 Å². The van der Waals surface area contributed by atoms with Gasteiger partial charge < -0.3 is 0 Å². The van der Waals surface area contributed by atoms with Gasteiger partial charge in [0, 0.05) is 0 Å². The van der Waals surface area contributed by atoms with Crippen molar-refractivity contribution in [2.24, 2.45) is 0 Å². The Kier molecular flexibility index (Phi) is 6.53. The number of thiophene rings is 1. The van der Waals surface area contributed by atoms with E-state index >= 15 is 0 Å². The summed E-state index contributed by atoms with van der Waals surface area (Å²) in [6.45, 7) is 2.25. The van der Waals surface area contributed by atoms with Gasteiger partial charge in [-0.15, -0.1) is 0 Å². The molecule has 3 aromatic rings. The summed E-state index contributed by atoms with van der Waals surface area (Å²) in [6.07, 6.45) is 3.49. The number of hydrogen-bond acceptors (Lipinski definition) is 2. The van der Waals surface area contributed by atoms with Gasteiger partial charge in [-0.3, -0.25) is 0 Å². The van der Waals surface area contributed by atoms with E-state index in [1.165, 1.54) is 64.2 Å². The third kappa shape index (κ3) is 4.08. The molecule has 1 heterocycles. The summed E-state index contributed by atoms with van der Waals surface area (Å²) < 4.78 is 6.82. The molecule has 25 heavy (non-hydrogen) atoms. The van der Waals surface area contributed by atoms with Crippen molar-refractivity contribution in [2.75, 3.05) is 7.11 Å². The molecule has 0 unspecified atom stereocenters. The van der Waals surface area contributed by atoms with Gasteiger partial charge in [0.15, 0.2) is 0 Å². The molecule has 2 aromatic carbocycles. The number of methoxy groups -OCH3 is 1. The van der Waals surface area contributed by atoms with Crippen molar-refractivity contribution < 1.29 is 24.1 Å². The van der Waals surface area contributed by atoms with Gasteiger partial charge in [-0.05, 0) is 0 Å². The summed E-state index contributed by atoms with van der Waals surface area (Å²) in [5.41, 5.74) is 5.35. The van der Waals surface area contributed by atoms with Crippen LogP contribution in [0.5, 0.6) is 0 Å². The van der Waals surface area contributed by atoms with Gasteiger partial charge >= 0.3 is 165 Å². The van der Waals surface area contributed by atoms with E-state index in [1.54, 1.807) is 7.11 Å². The number of ether oxygens (including phenoxy) is 1. The zero-order chi connectivity index (χ0) is 17.6. The van der Waals surface area contributed by atoms with E-state index in [0.717, 1.165) is 10.5 Å². The quantitative estimate of drug-likeness (QED) is 0.368. The fraction of sp³-hybridized carbons (Fsp3) is 0.227. The molecule has 0 aliphatic carbocycles. The molecule has 0 N–H and O–H groups in total. The minimum atomic E-state index is 1.09. The van der Waals surface area contributed by atoms with Crippen LogP contribution in [-0.4, -0.2) is 11.2 Å². The van der Waals surface area contributed by atoms with Gasteiger partial charge in [0.2, 0.25) is 0 Å². The Hall–Kier alpha value is -1.34. The van der Waals surface area contributed by atoms with Crippen molar-refractivity contribution >= 4 is 15.4 Å². The van der Waals surface area contributed by atoms with Crippen molar-refractivity contribution in [3.63, 3.8) is 0 Å². The number of hydrogen-bond donors (Lipinski definition) is 0. The van der Waals surface area contributed by atoms with Gasteiger partial charge in [0.05, 0.1) is 0 Å². The second-order valence-electron chi connectivity index (χ2n) is 5.94. The monoisotopic (exact) mass is 518 g/mol. The Labute approximate surface area is 165 Å². The van der Waals surface area contributed by atoms with E-state index in [2.05, 4.69) is 67.6 Å². The predicted molar refractivity (Wildman–Crippen MR) is 105 cm³/mol. The van der Waals surface area contributed by atoms with Gasteiger partial charge in [-0.25, -0.2) is 0 Å². The molecule has 1 aromatic heterocycles. The van der Waals surface area contributed by atoms with Gasteiger partial charge in [-0.2, -0.15) is 0 Å². The van der Waals surface area contributed by atoms with Crippen molar-refractivity contribution in [1.29, 1.82) is 0 Å². The topological polar surface area (TPSA) is 9.23 Å². The van der Waals surface area contributed by atoms with E-state index in [1.807, 2.05) is 11.3 Å². The van der Waals surface area contributed by atoms with Gasteiger partial charge in [0.1, 0.15) is 0 Å². The first-order chi connectivity index (χ1) is 12.3. The third-order valence-electron chi connectivity index (χ3n) is 4.25. The van der Waals surface area contributed by atoms with Crippen LogP contribution in [0.2, 0.25) is 0 Å². The summed E-state index contributed by atoms with van der Waals surface area (Å²) in [5, 5.41) is 0. The van der Waals surface area contributed by atoms with Crippen LogP contribution in [0.3, 0.4) is 0 Å². The van der Waals surface area contributed by atoms with Crippen molar-refractivity contribution in [3.8, 4) is 20.9 Å². The third-order valence-corrected chi connectivity index (χ3v) is 6.91. The Morgan fingerprint density at radius 2 is 1.48 bits per heavy atom. The zero-order valence-corrected chi connectivity index (χ0v) is 18.4. The molecule has 0 aliphatic rings. The first-order valence-corrected chi connectivity index (χ1v) is 10.9. The first-order valence-electron chi connectivity index (χ1n) is 8.61. The molecular weight excluding hydrogens is 496 g/mol. The Balaban J connectivity index is 2.24. The molecule has 0 spiro atoms.